The number of halogens is 4. The van der Waals surface area contributed by atoms with E-state index >= 15 is 0 Å². The molecule has 1 aromatic carbocycles. The number of rotatable bonds is 3. The van der Waals surface area contributed by atoms with Crippen LogP contribution in [0, 0.1) is 17.6 Å². The van der Waals surface area contributed by atoms with Crippen LogP contribution < -0.4 is 0 Å². The average molecular weight is 260 g/mol. The van der Waals surface area contributed by atoms with Crippen molar-refractivity contribution in [3.63, 3.8) is 0 Å². The number of hydrogen-bond donors (Lipinski definition) is 0. The third kappa shape index (κ3) is 2.89. The molecule has 0 heterocycles. The molecule has 1 aromatic rings. The van der Waals surface area contributed by atoms with Crippen molar-refractivity contribution < 1.29 is 22.4 Å². The molecule has 0 aromatic heterocycles. The van der Waals surface area contributed by atoms with Gasteiger partial charge in [0.2, 0.25) is 5.92 Å². The fraction of sp³-hybridized carbons (Fsp3) is 0.462. The van der Waals surface area contributed by atoms with E-state index in [0.717, 1.165) is 12.1 Å². The lowest BCUT2D eigenvalue weighted by Crippen LogP contribution is -2.17. The number of benzene rings is 1. The Labute approximate surface area is 102 Å². The van der Waals surface area contributed by atoms with Gasteiger partial charge in [0.1, 0.15) is 5.78 Å². The Kier molecular flexibility index (Phi) is 3.41. The standard InChI is InChI=1S/C13H12F4O/c14-10-2-1-8(5-11(10)15)6-12(18)9-3-4-13(16,17)7-9/h1-2,5,9H,3-4,6-7H2. The third-order valence-corrected chi connectivity index (χ3v) is 3.22. The fourth-order valence-corrected chi connectivity index (χ4v) is 2.22. The van der Waals surface area contributed by atoms with Crippen LogP contribution in [0.5, 0.6) is 0 Å². The van der Waals surface area contributed by atoms with Crippen molar-refractivity contribution >= 4 is 5.78 Å². The van der Waals surface area contributed by atoms with Gasteiger partial charge < -0.3 is 0 Å². The molecular weight excluding hydrogens is 248 g/mol. The molecule has 1 aliphatic carbocycles. The number of Topliss-reactive ketones (excluding diaryl/α,β-unsaturated/α-hetero) is 1. The third-order valence-electron chi connectivity index (χ3n) is 3.22. The predicted octanol–water partition coefficient (Wildman–Crippen LogP) is 3.51. The highest BCUT2D eigenvalue weighted by Crippen LogP contribution is 2.39. The van der Waals surface area contributed by atoms with Crippen LogP contribution in [0.3, 0.4) is 0 Å². The van der Waals surface area contributed by atoms with Crippen LogP contribution in [0.15, 0.2) is 18.2 Å². The number of hydrogen-bond acceptors (Lipinski definition) is 1. The van der Waals surface area contributed by atoms with Gasteiger partial charge in [0.15, 0.2) is 11.6 Å². The summed E-state index contributed by atoms with van der Waals surface area (Å²) in [6.07, 6.45) is -0.676. The quantitative estimate of drug-likeness (QED) is 0.760. The number of alkyl halides is 2. The van der Waals surface area contributed by atoms with Gasteiger partial charge in [0.25, 0.3) is 0 Å². The van der Waals surface area contributed by atoms with Crippen molar-refractivity contribution in [3.05, 3.63) is 35.4 Å². The molecule has 18 heavy (non-hydrogen) atoms. The van der Waals surface area contributed by atoms with E-state index in [2.05, 4.69) is 0 Å². The van der Waals surface area contributed by atoms with Crippen LogP contribution in [-0.2, 0) is 11.2 Å². The van der Waals surface area contributed by atoms with Crippen LogP contribution >= 0.6 is 0 Å². The molecule has 0 spiro atoms. The lowest BCUT2D eigenvalue weighted by atomic mass is 9.96. The van der Waals surface area contributed by atoms with Crippen LogP contribution in [-0.4, -0.2) is 11.7 Å². The van der Waals surface area contributed by atoms with Crippen molar-refractivity contribution in [1.82, 2.24) is 0 Å². The molecule has 0 saturated heterocycles. The monoisotopic (exact) mass is 260 g/mol. The topological polar surface area (TPSA) is 17.1 Å². The molecule has 0 aliphatic heterocycles. The van der Waals surface area contributed by atoms with Crippen molar-refractivity contribution in [2.45, 2.75) is 31.6 Å². The van der Waals surface area contributed by atoms with Gasteiger partial charge in [-0.05, 0) is 24.1 Å². The summed E-state index contributed by atoms with van der Waals surface area (Å²) in [5.74, 6) is -5.80. The molecule has 0 amide bonds. The second kappa shape index (κ2) is 4.71. The minimum absolute atomic E-state index is 0.127. The zero-order valence-corrected chi connectivity index (χ0v) is 9.56. The minimum Gasteiger partial charge on any atom is -0.299 e. The molecule has 1 aliphatic rings. The van der Waals surface area contributed by atoms with Gasteiger partial charge in [0.05, 0.1) is 0 Å². The average Bonchev–Trinajstić information content (AvgIpc) is 2.64. The van der Waals surface area contributed by atoms with Crippen molar-refractivity contribution in [1.29, 1.82) is 0 Å². The van der Waals surface area contributed by atoms with Crippen molar-refractivity contribution in [2.24, 2.45) is 5.92 Å². The maximum atomic E-state index is 12.9. The highest BCUT2D eigenvalue weighted by molar-refractivity contribution is 5.83. The molecule has 0 N–H and O–H groups in total. The molecule has 1 fully saturated rings. The van der Waals surface area contributed by atoms with Crippen molar-refractivity contribution in [3.8, 4) is 0 Å². The first-order valence-electron chi connectivity index (χ1n) is 5.72. The van der Waals surface area contributed by atoms with Crippen molar-refractivity contribution in [2.75, 3.05) is 0 Å². The summed E-state index contributed by atoms with van der Waals surface area (Å²) in [6, 6.07) is 3.16. The Balaban J connectivity index is 2.01. The Morgan fingerprint density at radius 2 is 2.00 bits per heavy atom. The molecule has 98 valence electrons. The van der Waals surface area contributed by atoms with Gasteiger partial charge in [-0.15, -0.1) is 0 Å². The van der Waals surface area contributed by atoms with Crippen LogP contribution in [0.1, 0.15) is 24.8 Å². The van der Waals surface area contributed by atoms with Gasteiger partial charge >= 0.3 is 0 Å². The summed E-state index contributed by atoms with van der Waals surface area (Å²) in [6.45, 7) is 0. The van der Waals surface area contributed by atoms with Crippen LogP contribution in [0.2, 0.25) is 0 Å². The molecule has 1 atom stereocenters. The maximum absolute atomic E-state index is 12.9. The van der Waals surface area contributed by atoms with Crippen LogP contribution in [0.4, 0.5) is 17.6 Å². The highest BCUT2D eigenvalue weighted by atomic mass is 19.3. The zero-order chi connectivity index (χ0) is 13.3. The smallest absolute Gasteiger partial charge is 0.248 e. The van der Waals surface area contributed by atoms with E-state index in [9.17, 15) is 22.4 Å². The van der Waals surface area contributed by atoms with E-state index in [-0.39, 0.29) is 25.0 Å². The molecule has 0 bridgehead atoms. The molecular formula is C13H12F4O. The Hall–Kier alpha value is -1.39. The van der Waals surface area contributed by atoms with Gasteiger partial charge in [-0.2, -0.15) is 0 Å². The Morgan fingerprint density at radius 3 is 2.56 bits per heavy atom. The number of carbonyl (C=O) groups excluding carboxylic acids is 1. The lowest BCUT2D eigenvalue weighted by molar-refractivity contribution is -0.123. The first kappa shape index (κ1) is 13.1. The molecule has 1 nitrogen and oxygen atoms in total. The van der Waals surface area contributed by atoms with Gasteiger partial charge in [-0.3, -0.25) is 4.79 Å². The summed E-state index contributed by atoms with van der Waals surface area (Å²) in [5, 5.41) is 0. The minimum atomic E-state index is -2.77. The zero-order valence-electron chi connectivity index (χ0n) is 9.56. The van der Waals surface area contributed by atoms with Gasteiger partial charge in [-0.1, -0.05) is 6.07 Å². The van der Waals surface area contributed by atoms with E-state index in [4.69, 9.17) is 0 Å². The lowest BCUT2D eigenvalue weighted by Gasteiger charge is -2.09. The molecule has 1 saturated carbocycles. The SMILES string of the molecule is O=C(Cc1ccc(F)c(F)c1)C1CCC(F)(F)C1. The summed E-state index contributed by atoms with van der Waals surface area (Å²) in [7, 11) is 0. The fourth-order valence-electron chi connectivity index (χ4n) is 2.22. The largest absolute Gasteiger partial charge is 0.299 e. The summed E-state index contributed by atoms with van der Waals surface area (Å²) in [5.41, 5.74) is 0.314. The Morgan fingerprint density at radius 1 is 1.28 bits per heavy atom. The van der Waals surface area contributed by atoms with E-state index in [1.54, 1.807) is 0 Å². The first-order valence-corrected chi connectivity index (χ1v) is 5.72. The summed E-state index contributed by atoms with van der Waals surface area (Å²) < 4.78 is 51.5. The number of ketones is 1. The van der Waals surface area contributed by atoms with E-state index in [0.29, 0.717) is 5.56 Å². The maximum Gasteiger partial charge on any atom is 0.248 e. The molecule has 0 radical (unpaired) electrons. The second-order valence-corrected chi connectivity index (χ2v) is 4.69. The first-order chi connectivity index (χ1) is 8.37. The van der Waals surface area contributed by atoms with E-state index < -0.39 is 29.9 Å². The Bertz CT molecular complexity index is 470. The molecule has 5 heteroatoms. The molecule has 2 rings (SSSR count). The van der Waals surface area contributed by atoms with E-state index in [1.807, 2.05) is 0 Å². The predicted molar refractivity (Wildman–Crippen MR) is 57.4 cm³/mol. The van der Waals surface area contributed by atoms with Gasteiger partial charge in [-0.25, -0.2) is 17.6 Å². The normalized spacial score (nSPS) is 22.1. The summed E-state index contributed by atoms with van der Waals surface area (Å²) >= 11 is 0. The molecule has 1 unspecified atom stereocenters. The van der Waals surface area contributed by atoms with Crippen LogP contribution in [0.25, 0.3) is 0 Å². The second-order valence-electron chi connectivity index (χ2n) is 4.69. The number of carbonyl (C=O) groups is 1. The highest BCUT2D eigenvalue weighted by Gasteiger charge is 2.42. The van der Waals surface area contributed by atoms with Gasteiger partial charge in [0, 0.05) is 25.2 Å². The van der Waals surface area contributed by atoms with E-state index in [1.165, 1.54) is 6.07 Å². The summed E-state index contributed by atoms with van der Waals surface area (Å²) in [4.78, 5) is 11.7.